The van der Waals surface area contributed by atoms with Crippen LogP contribution in [0.1, 0.15) is 11.1 Å². The van der Waals surface area contributed by atoms with Crippen molar-refractivity contribution in [2.75, 3.05) is 27.0 Å². The minimum absolute atomic E-state index is 0.00440. The lowest BCUT2D eigenvalue weighted by molar-refractivity contribution is -0.127. The highest BCUT2D eigenvalue weighted by Gasteiger charge is 2.15. The molecule has 3 rings (SSSR count). The number of methoxy groups -OCH3 is 2. The van der Waals surface area contributed by atoms with Crippen LogP contribution in [0.15, 0.2) is 47.6 Å². The monoisotopic (exact) mass is 412 g/mol. The summed E-state index contributed by atoms with van der Waals surface area (Å²) in [6, 6.07) is 13.6. The Kier molecular flexibility index (Phi) is 6.77. The minimum atomic E-state index is -0.00440. The zero-order valence-electron chi connectivity index (χ0n) is 16.9. The molecule has 1 heterocycles. The van der Waals surface area contributed by atoms with Crippen LogP contribution in [-0.4, -0.2) is 53.0 Å². The van der Waals surface area contributed by atoms with Crippen LogP contribution in [0.2, 0.25) is 0 Å². The molecule has 0 atom stereocenters. The number of aryl methyl sites for hydroxylation is 1. The Morgan fingerprint density at radius 2 is 1.83 bits per heavy atom. The van der Waals surface area contributed by atoms with Gasteiger partial charge in [-0.2, -0.15) is 0 Å². The van der Waals surface area contributed by atoms with Crippen molar-refractivity contribution in [2.24, 2.45) is 0 Å². The normalized spacial score (nSPS) is 10.6. The molecular formula is C21H24N4O3S. The molecule has 29 heavy (non-hydrogen) atoms. The topological polar surface area (TPSA) is 80.3 Å². The lowest BCUT2D eigenvalue weighted by atomic mass is 10.1. The Bertz CT molecular complexity index is 975. The molecule has 0 spiro atoms. The van der Waals surface area contributed by atoms with E-state index in [4.69, 9.17) is 9.47 Å². The van der Waals surface area contributed by atoms with E-state index < -0.39 is 0 Å². The van der Waals surface area contributed by atoms with Crippen molar-refractivity contribution in [3.63, 3.8) is 0 Å². The average molecular weight is 413 g/mol. The maximum absolute atomic E-state index is 12.6. The van der Waals surface area contributed by atoms with Crippen LogP contribution < -0.4 is 9.47 Å². The van der Waals surface area contributed by atoms with Gasteiger partial charge >= 0.3 is 0 Å². The number of ether oxygens (including phenoxy) is 2. The predicted octanol–water partition coefficient (Wildman–Crippen LogP) is 3.55. The van der Waals surface area contributed by atoms with Gasteiger partial charge in [-0.1, -0.05) is 42.1 Å². The fraction of sp³-hybridized carbons (Fsp3) is 0.286. The van der Waals surface area contributed by atoms with E-state index in [1.165, 1.54) is 11.8 Å². The third-order valence-corrected chi connectivity index (χ3v) is 5.34. The second-order valence-electron chi connectivity index (χ2n) is 6.50. The highest BCUT2D eigenvalue weighted by atomic mass is 32.2. The smallest absolute Gasteiger partial charge is 0.233 e. The van der Waals surface area contributed by atoms with E-state index in [-0.39, 0.29) is 11.7 Å². The molecule has 7 nitrogen and oxygen atoms in total. The van der Waals surface area contributed by atoms with E-state index in [9.17, 15) is 4.79 Å². The van der Waals surface area contributed by atoms with Gasteiger partial charge in [-0.25, -0.2) is 4.98 Å². The molecule has 3 aromatic rings. The van der Waals surface area contributed by atoms with Crippen molar-refractivity contribution in [1.82, 2.24) is 20.1 Å². The maximum atomic E-state index is 12.6. The molecule has 152 valence electrons. The maximum Gasteiger partial charge on any atom is 0.233 e. The Balaban J connectivity index is 1.60. The van der Waals surface area contributed by atoms with Crippen LogP contribution in [-0.2, 0) is 11.3 Å². The summed E-state index contributed by atoms with van der Waals surface area (Å²) < 4.78 is 10.7. The lowest BCUT2D eigenvalue weighted by Crippen LogP contribution is -2.28. The van der Waals surface area contributed by atoms with Crippen molar-refractivity contribution < 1.29 is 14.3 Å². The quantitative estimate of drug-likeness (QED) is 0.570. The van der Waals surface area contributed by atoms with Crippen LogP contribution in [0, 0.1) is 6.92 Å². The molecule has 1 aromatic heterocycles. The zero-order valence-corrected chi connectivity index (χ0v) is 17.7. The number of thioether (sulfide) groups is 1. The molecule has 1 N–H and O–H groups in total. The number of rotatable bonds is 8. The molecule has 0 aliphatic rings. The van der Waals surface area contributed by atoms with Crippen LogP contribution in [0.4, 0.5) is 0 Å². The number of amides is 1. The largest absolute Gasteiger partial charge is 0.493 e. The molecule has 0 saturated carbocycles. The highest BCUT2D eigenvalue weighted by Crippen LogP contribution is 2.30. The van der Waals surface area contributed by atoms with E-state index in [0.29, 0.717) is 29.0 Å². The molecule has 0 fully saturated rings. The molecule has 0 saturated heterocycles. The summed E-state index contributed by atoms with van der Waals surface area (Å²) in [5, 5.41) is 7.65. The third kappa shape index (κ3) is 5.08. The van der Waals surface area contributed by atoms with Gasteiger partial charge in [0.25, 0.3) is 0 Å². The summed E-state index contributed by atoms with van der Waals surface area (Å²) in [5.41, 5.74) is 3.00. The predicted molar refractivity (Wildman–Crippen MR) is 113 cm³/mol. The average Bonchev–Trinajstić information content (AvgIpc) is 3.22. The summed E-state index contributed by atoms with van der Waals surface area (Å²) in [6.45, 7) is 2.47. The molecule has 0 unspecified atom stereocenters. The number of H-pyrrole nitrogens is 1. The molecular weight excluding hydrogens is 388 g/mol. The van der Waals surface area contributed by atoms with Gasteiger partial charge in [0.1, 0.15) is 0 Å². The van der Waals surface area contributed by atoms with Gasteiger partial charge in [-0.3, -0.25) is 9.89 Å². The second-order valence-corrected chi connectivity index (χ2v) is 7.45. The summed E-state index contributed by atoms with van der Waals surface area (Å²) >= 11 is 1.31. The fourth-order valence-electron chi connectivity index (χ4n) is 2.81. The van der Waals surface area contributed by atoms with Crippen molar-refractivity contribution in [3.05, 3.63) is 53.6 Å². The first-order valence-electron chi connectivity index (χ1n) is 9.08. The molecule has 0 aliphatic carbocycles. The van der Waals surface area contributed by atoms with E-state index in [1.54, 1.807) is 26.2 Å². The van der Waals surface area contributed by atoms with Crippen LogP contribution in [0.25, 0.3) is 11.4 Å². The number of benzene rings is 2. The number of hydrogen-bond donors (Lipinski definition) is 1. The number of hydrogen-bond acceptors (Lipinski definition) is 6. The number of carbonyl (C=O) groups excluding carboxylic acids is 1. The standard InChI is InChI=1S/C21H24N4O3S/c1-14-10-17(27-3)18(28-4)11-16(14)12-25(2)19(26)13-29-21-22-20(23-24-21)15-8-6-5-7-9-15/h5-11H,12-13H2,1-4H3,(H,22,23,24). The van der Waals surface area contributed by atoms with Gasteiger partial charge < -0.3 is 14.4 Å². The van der Waals surface area contributed by atoms with Crippen LogP contribution in [0.3, 0.4) is 0 Å². The Morgan fingerprint density at radius 1 is 1.14 bits per heavy atom. The van der Waals surface area contributed by atoms with Gasteiger partial charge in [0.2, 0.25) is 11.1 Å². The van der Waals surface area contributed by atoms with E-state index in [1.807, 2.05) is 49.4 Å². The summed E-state index contributed by atoms with van der Waals surface area (Å²) in [7, 11) is 4.99. The second kappa shape index (κ2) is 9.47. The van der Waals surface area contributed by atoms with E-state index >= 15 is 0 Å². The van der Waals surface area contributed by atoms with E-state index in [0.717, 1.165) is 16.7 Å². The van der Waals surface area contributed by atoms with Crippen molar-refractivity contribution in [3.8, 4) is 22.9 Å². The van der Waals surface area contributed by atoms with Crippen molar-refractivity contribution in [2.45, 2.75) is 18.6 Å². The number of nitrogens with zero attached hydrogens (tertiary/aromatic N) is 3. The Hall–Kier alpha value is -3.00. The van der Waals surface area contributed by atoms with Crippen molar-refractivity contribution in [1.29, 1.82) is 0 Å². The number of aromatic amines is 1. The molecule has 0 aliphatic heterocycles. The van der Waals surface area contributed by atoms with E-state index in [2.05, 4.69) is 15.2 Å². The molecule has 0 bridgehead atoms. The first-order chi connectivity index (χ1) is 14.0. The molecule has 8 heteroatoms. The van der Waals surface area contributed by atoms with Gasteiger partial charge in [-0.15, -0.1) is 5.10 Å². The van der Waals surface area contributed by atoms with Gasteiger partial charge in [0.15, 0.2) is 17.3 Å². The third-order valence-electron chi connectivity index (χ3n) is 4.51. The Labute approximate surface area is 174 Å². The first-order valence-corrected chi connectivity index (χ1v) is 10.1. The van der Waals surface area contributed by atoms with Gasteiger partial charge in [0.05, 0.1) is 20.0 Å². The zero-order chi connectivity index (χ0) is 20.8. The fourth-order valence-corrected chi connectivity index (χ4v) is 3.55. The van der Waals surface area contributed by atoms with Gasteiger partial charge in [-0.05, 0) is 30.2 Å². The number of carbonyl (C=O) groups is 1. The molecule has 2 aromatic carbocycles. The number of aromatic nitrogens is 3. The summed E-state index contributed by atoms with van der Waals surface area (Å²) in [5.74, 6) is 2.27. The Morgan fingerprint density at radius 3 is 2.52 bits per heavy atom. The summed E-state index contributed by atoms with van der Waals surface area (Å²) in [6.07, 6.45) is 0. The lowest BCUT2D eigenvalue weighted by Gasteiger charge is -2.19. The summed E-state index contributed by atoms with van der Waals surface area (Å²) in [4.78, 5) is 18.7. The number of nitrogens with one attached hydrogen (secondary N) is 1. The SMILES string of the molecule is COc1cc(C)c(CN(C)C(=O)CSc2n[nH]c(-c3ccccc3)n2)cc1OC. The highest BCUT2D eigenvalue weighted by molar-refractivity contribution is 7.99. The molecule has 0 radical (unpaired) electrons. The van der Waals surface area contributed by atoms with Gasteiger partial charge in [0, 0.05) is 19.2 Å². The molecule has 1 amide bonds. The van der Waals surface area contributed by atoms with Crippen LogP contribution >= 0.6 is 11.8 Å². The first kappa shape index (κ1) is 20.7. The van der Waals surface area contributed by atoms with Crippen LogP contribution in [0.5, 0.6) is 11.5 Å². The van der Waals surface area contributed by atoms with Crippen molar-refractivity contribution >= 4 is 17.7 Å². The minimum Gasteiger partial charge on any atom is -0.493 e.